The monoisotopic (exact) mass is 678 g/mol. The molecule has 4 nitrogen and oxygen atoms in total. The topological polar surface area (TPSA) is 51.6 Å². The lowest BCUT2D eigenvalue weighted by Crippen LogP contribution is -2.43. The zero-order chi connectivity index (χ0) is 35.3. The number of aromatic nitrogens is 4. The summed E-state index contributed by atoms with van der Waals surface area (Å²) in [7, 11) is -4.38. The largest absolute Gasteiger partial charge is 0.243 e. The molecule has 0 radical (unpaired) electrons. The summed E-state index contributed by atoms with van der Waals surface area (Å²) in [5.74, 6) is 6.48. The van der Waals surface area contributed by atoms with Crippen LogP contribution in [-0.2, 0) is 0 Å². The number of halogens is 2. The van der Waals surface area contributed by atoms with E-state index in [1.54, 1.807) is 12.1 Å². The van der Waals surface area contributed by atoms with E-state index in [9.17, 15) is 8.78 Å². The van der Waals surface area contributed by atoms with Gasteiger partial charge in [0.1, 0.15) is 49.8 Å². The first-order valence-corrected chi connectivity index (χ1v) is 21.8. The summed E-state index contributed by atoms with van der Waals surface area (Å²) >= 11 is 0. The van der Waals surface area contributed by atoms with Crippen LogP contribution in [0, 0.1) is 34.6 Å². The van der Waals surface area contributed by atoms with Crippen molar-refractivity contribution >= 4 is 60.3 Å². The van der Waals surface area contributed by atoms with Crippen molar-refractivity contribution in [2.45, 2.75) is 116 Å². The molecule has 0 aliphatic heterocycles. The van der Waals surface area contributed by atoms with E-state index in [1.165, 1.54) is 24.3 Å². The van der Waals surface area contributed by atoms with E-state index in [-0.39, 0.29) is 11.6 Å². The third-order valence-corrected chi connectivity index (χ3v) is 23.3. The van der Waals surface area contributed by atoms with Crippen LogP contribution in [0.15, 0.2) is 36.4 Å². The second-order valence-corrected chi connectivity index (χ2v) is 26.3. The van der Waals surface area contributed by atoms with Crippen LogP contribution in [0.1, 0.15) is 94.2 Å². The van der Waals surface area contributed by atoms with Crippen LogP contribution in [0.3, 0.4) is 0 Å². The number of hydrogen-bond acceptors (Lipinski definition) is 4. The maximum absolute atomic E-state index is 14.6. The molecular formula is C40H48F2N4Si2. The quantitative estimate of drug-likeness (QED) is 0.102. The van der Waals surface area contributed by atoms with E-state index in [0.29, 0.717) is 88.5 Å². The fraction of sp³-hybridized carbons (Fsp3) is 0.450. The van der Waals surface area contributed by atoms with Crippen molar-refractivity contribution in [2.75, 3.05) is 0 Å². The van der Waals surface area contributed by atoms with E-state index in [4.69, 9.17) is 19.9 Å². The Morgan fingerprint density at radius 1 is 0.438 bits per heavy atom. The zero-order valence-corrected chi connectivity index (χ0v) is 32.5. The lowest BCUT2D eigenvalue weighted by molar-refractivity contribution is 0.629. The molecule has 48 heavy (non-hydrogen) atoms. The molecular weight excluding hydrogens is 631 g/mol. The standard InChI is InChI=1S/C40H48F2N4Si2/c1-23(2)47(24(3)4,25(5)6)19-17-31-37-40(46-36-22-30(42)13-15-33(36)43-37)32(18-20-48(26(7)8,27(9)10)28(11)12)38-39(31)45-35-21-29(41)14-16-34(35)44-38/h13-16,21-28H,1-12H3. The highest BCUT2D eigenvalue weighted by Gasteiger charge is 2.43. The second-order valence-electron chi connectivity index (χ2n) is 15.2. The fourth-order valence-electron chi connectivity index (χ4n) is 8.42. The van der Waals surface area contributed by atoms with Crippen LogP contribution in [0.4, 0.5) is 8.78 Å². The van der Waals surface area contributed by atoms with Gasteiger partial charge in [-0.25, -0.2) is 28.7 Å². The molecule has 3 aromatic carbocycles. The van der Waals surface area contributed by atoms with E-state index in [1.807, 2.05) is 0 Å². The highest BCUT2D eigenvalue weighted by atomic mass is 28.3. The Balaban J connectivity index is 2.05. The van der Waals surface area contributed by atoms with Crippen molar-refractivity contribution in [3.05, 3.63) is 59.2 Å². The lowest BCUT2D eigenvalue weighted by Gasteiger charge is -2.38. The highest BCUT2D eigenvalue weighted by molar-refractivity contribution is 6.91. The average Bonchev–Trinajstić information content (AvgIpc) is 2.99. The Hall–Kier alpha value is -3.73. The summed E-state index contributed by atoms with van der Waals surface area (Å²) in [5, 5.41) is 0. The predicted octanol–water partition coefficient (Wildman–Crippen LogP) is 11.3. The molecule has 5 aromatic rings. The molecule has 8 heteroatoms. The molecule has 0 unspecified atom stereocenters. The molecule has 2 heterocycles. The van der Waals surface area contributed by atoms with Crippen molar-refractivity contribution in [1.29, 1.82) is 0 Å². The first kappa shape index (κ1) is 35.6. The van der Waals surface area contributed by atoms with Gasteiger partial charge in [-0.15, -0.1) is 11.1 Å². The van der Waals surface area contributed by atoms with Gasteiger partial charge in [-0.05, 0) is 57.5 Å². The van der Waals surface area contributed by atoms with Crippen LogP contribution in [0.5, 0.6) is 0 Å². The van der Waals surface area contributed by atoms with Crippen molar-refractivity contribution in [3.63, 3.8) is 0 Å². The molecule has 250 valence electrons. The molecule has 0 atom stereocenters. The first-order chi connectivity index (χ1) is 22.5. The number of nitrogens with zero attached hydrogens (tertiary/aromatic N) is 4. The SMILES string of the molecule is CC(C)[Si](C#Cc1c2nc3ccc(F)cc3nc2c(C#C[Si](C(C)C)(C(C)C)C(C)C)c2nc3ccc(F)cc3nc12)(C(C)C)C(C)C. The maximum Gasteiger partial charge on any atom is 0.146 e. The number of benzene rings is 3. The number of fused-ring (bicyclic) bond motifs is 4. The fourth-order valence-corrected chi connectivity index (χ4v) is 18.8. The molecule has 0 aliphatic carbocycles. The normalized spacial score (nSPS) is 12.8. The molecule has 0 saturated heterocycles. The Morgan fingerprint density at radius 2 is 0.708 bits per heavy atom. The third kappa shape index (κ3) is 5.92. The van der Waals surface area contributed by atoms with E-state index < -0.39 is 16.1 Å². The summed E-state index contributed by atoms with van der Waals surface area (Å²) < 4.78 is 29.1. The van der Waals surface area contributed by atoms with Crippen LogP contribution in [-0.4, -0.2) is 36.1 Å². The van der Waals surface area contributed by atoms with Gasteiger partial charge in [0.15, 0.2) is 0 Å². The van der Waals surface area contributed by atoms with Gasteiger partial charge in [0, 0.05) is 12.1 Å². The molecule has 0 bridgehead atoms. The molecule has 0 N–H and O–H groups in total. The zero-order valence-electron chi connectivity index (χ0n) is 30.5. The van der Waals surface area contributed by atoms with Crippen molar-refractivity contribution in [2.24, 2.45) is 0 Å². The number of hydrogen-bond donors (Lipinski definition) is 0. The predicted molar refractivity (Wildman–Crippen MR) is 203 cm³/mol. The van der Waals surface area contributed by atoms with Gasteiger partial charge in [0.05, 0.1) is 33.2 Å². The average molecular weight is 679 g/mol. The van der Waals surface area contributed by atoms with Gasteiger partial charge >= 0.3 is 0 Å². The van der Waals surface area contributed by atoms with Crippen LogP contribution in [0.2, 0.25) is 33.2 Å². The van der Waals surface area contributed by atoms with Gasteiger partial charge < -0.3 is 0 Å². The minimum atomic E-state index is -2.19. The minimum absolute atomic E-state index is 0.384. The van der Waals surface area contributed by atoms with Gasteiger partial charge in [0.25, 0.3) is 0 Å². The second kappa shape index (κ2) is 13.3. The summed E-state index contributed by atoms with van der Waals surface area (Å²) in [6.45, 7) is 27.4. The van der Waals surface area contributed by atoms with Crippen molar-refractivity contribution in [3.8, 4) is 22.9 Å². The Labute approximate surface area is 286 Å². The third-order valence-electron chi connectivity index (χ3n) is 10.7. The van der Waals surface area contributed by atoms with Crippen LogP contribution >= 0.6 is 0 Å². The molecule has 0 amide bonds. The van der Waals surface area contributed by atoms with Crippen LogP contribution < -0.4 is 0 Å². The Morgan fingerprint density at radius 3 is 0.979 bits per heavy atom. The van der Waals surface area contributed by atoms with Gasteiger partial charge in [0.2, 0.25) is 0 Å². The number of rotatable bonds is 6. The van der Waals surface area contributed by atoms with Crippen LogP contribution in [0.25, 0.3) is 44.1 Å². The van der Waals surface area contributed by atoms with Crippen molar-refractivity contribution in [1.82, 2.24) is 19.9 Å². The Kier molecular flexibility index (Phi) is 9.85. The minimum Gasteiger partial charge on any atom is -0.243 e. The van der Waals surface area contributed by atoms with Gasteiger partial charge in [-0.1, -0.05) is 94.9 Å². The molecule has 2 aromatic heterocycles. The molecule has 0 spiro atoms. The first-order valence-electron chi connectivity index (χ1n) is 17.3. The van der Waals surface area contributed by atoms with E-state index in [2.05, 4.69) is 106 Å². The molecule has 0 saturated carbocycles. The molecule has 0 aliphatic rings. The summed E-state index contributed by atoms with van der Waals surface area (Å²) in [4.78, 5) is 20.3. The summed E-state index contributed by atoms with van der Waals surface area (Å²) in [6.07, 6.45) is 0. The van der Waals surface area contributed by atoms with Crippen molar-refractivity contribution < 1.29 is 8.78 Å². The van der Waals surface area contributed by atoms with Gasteiger partial charge in [-0.3, -0.25) is 0 Å². The Bertz CT molecular complexity index is 1970. The van der Waals surface area contributed by atoms with E-state index in [0.717, 1.165) is 0 Å². The smallest absolute Gasteiger partial charge is 0.146 e. The summed E-state index contributed by atoms with van der Waals surface area (Å²) in [6, 6.07) is 8.91. The molecule has 5 rings (SSSR count). The highest BCUT2D eigenvalue weighted by Crippen LogP contribution is 2.43. The lowest BCUT2D eigenvalue weighted by atomic mass is 10.0. The maximum atomic E-state index is 14.6. The molecule has 0 fully saturated rings. The van der Waals surface area contributed by atoms with E-state index >= 15 is 0 Å². The summed E-state index contributed by atoms with van der Waals surface area (Å²) in [5.41, 5.74) is 15.6. The van der Waals surface area contributed by atoms with Gasteiger partial charge in [-0.2, -0.15) is 0 Å².